The highest BCUT2D eigenvalue weighted by Crippen LogP contribution is 2.25. The summed E-state index contributed by atoms with van der Waals surface area (Å²) in [5.74, 6) is -0.0527. The second kappa shape index (κ2) is 9.36. The largest absolute Gasteiger partial charge is 0.481 e. The Kier molecular flexibility index (Phi) is 7.18. The number of ether oxygens (including phenoxy) is 1. The highest BCUT2D eigenvalue weighted by Gasteiger charge is 2.32. The minimum Gasteiger partial charge on any atom is -0.481 e. The third-order valence-corrected chi connectivity index (χ3v) is 4.67. The summed E-state index contributed by atoms with van der Waals surface area (Å²) >= 11 is 0. The molecule has 1 aromatic rings. The Balaban J connectivity index is 2.00. The molecule has 146 valence electrons. The number of carbonyl (C=O) groups excluding carboxylic acids is 1. The Morgan fingerprint density at radius 2 is 2.15 bits per heavy atom. The number of amides is 1. The van der Waals surface area contributed by atoms with Crippen LogP contribution in [0.2, 0.25) is 0 Å². The van der Waals surface area contributed by atoms with E-state index in [1.165, 1.54) is 25.3 Å². The van der Waals surface area contributed by atoms with Gasteiger partial charge >= 0.3 is 0 Å². The summed E-state index contributed by atoms with van der Waals surface area (Å²) in [5, 5.41) is 18.4. The van der Waals surface area contributed by atoms with Gasteiger partial charge in [-0.05, 0) is 37.5 Å². The van der Waals surface area contributed by atoms with Gasteiger partial charge < -0.3 is 15.5 Å². The predicted octanol–water partition coefficient (Wildman–Crippen LogP) is 2.71. The van der Waals surface area contributed by atoms with E-state index in [9.17, 15) is 9.18 Å². The number of allylic oxidation sites excluding steroid dienone is 1. The Bertz CT molecular complexity index is 719. The van der Waals surface area contributed by atoms with Crippen molar-refractivity contribution in [1.29, 1.82) is 10.8 Å². The number of rotatable bonds is 6. The van der Waals surface area contributed by atoms with Crippen LogP contribution in [0.25, 0.3) is 0 Å². The van der Waals surface area contributed by atoms with Crippen molar-refractivity contribution in [2.24, 2.45) is 11.8 Å². The first kappa shape index (κ1) is 20.7. The molecule has 1 saturated heterocycles. The smallest absolute Gasteiger partial charge is 0.242 e. The SMILES string of the molecule is COC(=N)/C=C\C(=N)C1CC(C)CN(C(C)C(=O)Nc2ccc(F)cn2)C1. The summed E-state index contributed by atoms with van der Waals surface area (Å²) in [5.41, 5.74) is 0.418. The monoisotopic (exact) mass is 375 g/mol. The van der Waals surface area contributed by atoms with E-state index in [1.54, 1.807) is 6.08 Å². The molecule has 0 aromatic carbocycles. The van der Waals surface area contributed by atoms with Crippen molar-refractivity contribution >= 4 is 23.3 Å². The van der Waals surface area contributed by atoms with Crippen molar-refractivity contribution < 1.29 is 13.9 Å². The van der Waals surface area contributed by atoms with E-state index in [2.05, 4.69) is 17.2 Å². The first-order chi connectivity index (χ1) is 12.8. The van der Waals surface area contributed by atoms with Gasteiger partial charge in [0.15, 0.2) is 0 Å². The predicted molar refractivity (Wildman–Crippen MR) is 103 cm³/mol. The number of methoxy groups -OCH3 is 1. The Labute approximate surface area is 158 Å². The van der Waals surface area contributed by atoms with Crippen LogP contribution in [0.5, 0.6) is 0 Å². The lowest BCUT2D eigenvalue weighted by molar-refractivity contribution is -0.121. The number of carbonyl (C=O) groups is 1. The van der Waals surface area contributed by atoms with Crippen LogP contribution < -0.4 is 5.32 Å². The van der Waals surface area contributed by atoms with Crippen molar-refractivity contribution in [2.45, 2.75) is 26.3 Å². The lowest BCUT2D eigenvalue weighted by atomic mass is 9.86. The molecule has 3 atom stereocenters. The highest BCUT2D eigenvalue weighted by molar-refractivity contribution is 5.99. The summed E-state index contributed by atoms with van der Waals surface area (Å²) in [7, 11) is 1.41. The third kappa shape index (κ3) is 5.96. The molecule has 0 spiro atoms. The molecule has 7 nitrogen and oxygen atoms in total. The maximum absolute atomic E-state index is 12.9. The molecule has 1 amide bonds. The number of likely N-dealkylation sites (tertiary alicyclic amines) is 1. The van der Waals surface area contributed by atoms with Crippen LogP contribution in [0.1, 0.15) is 20.3 Å². The van der Waals surface area contributed by atoms with Crippen LogP contribution in [0.3, 0.4) is 0 Å². The van der Waals surface area contributed by atoms with Gasteiger partial charge in [-0.1, -0.05) is 6.92 Å². The molecule has 1 aromatic heterocycles. The quantitative estimate of drug-likeness (QED) is 0.525. The van der Waals surface area contributed by atoms with E-state index in [-0.39, 0.29) is 17.7 Å². The van der Waals surface area contributed by atoms with Crippen molar-refractivity contribution in [2.75, 3.05) is 25.5 Å². The molecule has 0 aliphatic carbocycles. The zero-order chi connectivity index (χ0) is 20.0. The van der Waals surface area contributed by atoms with Gasteiger partial charge in [0.25, 0.3) is 0 Å². The topological polar surface area (TPSA) is 102 Å². The van der Waals surface area contributed by atoms with Gasteiger partial charge in [-0.3, -0.25) is 15.1 Å². The number of halogens is 1. The number of aromatic nitrogens is 1. The minimum absolute atomic E-state index is 0.00000713. The van der Waals surface area contributed by atoms with E-state index < -0.39 is 11.9 Å². The Hall–Kier alpha value is -2.61. The molecule has 0 bridgehead atoms. The fourth-order valence-electron chi connectivity index (χ4n) is 3.15. The van der Waals surface area contributed by atoms with E-state index in [1.807, 2.05) is 11.8 Å². The van der Waals surface area contributed by atoms with Crippen LogP contribution in [-0.4, -0.2) is 53.6 Å². The van der Waals surface area contributed by atoms with Gasteiger partial charge in [0.2, 0.25) is 11.8 Å². The maximum Gasteiger partial charge on any atom is 0.242 e. The van der Waals surface area contributed by atoms with Gasteiger partial charge in [0.05, 0.1) is 19.3 Å². The van der Waals surface area contributed by atoms with Gasteiger partial charge in [-0.2, -0.15) is 0 Å². The normalized spacial score (nSPS) is 21.6. The number of nitrogens with zero attached hydrogens (tertiary/aromatic N) is 2. The van der Waals surface area contributed by atoms with E-state index in [4.69, 9.17) is 15.6 Å². The maximum atomic E-state index is 12.9. The Morgan fingerprint density at radius 3 is 2.78 bits per heavy atom. The van der Waals surface area contributed by atoms with Gasteiger partial charge in [0, 0.05) is 30.8 Å². The average molecular weight is 375 g/mol. The molecule has 1 fully saturated rings. The van der Waals surface area contributed by atoms with Crippen molar-refractivity contribution in [1.82, 2.24) is 9.88 Å². The second-order valence-electron chi connectivity index (χ2n) is 6.88. The number of pyridine rings is 1. The van der Waals surface area contributed by atoms with E-state index in [0.29, 0.717) is 24.0 Å². The molecule has 27 heavy (non-hydrogen) atoms. The zero-order valence-electron chi connectivity index (χ0n) is 15.8. The molecule has 1 aliphatic heterocycles. The lowest BCUT2D eigenvalue weighted by Crippen LogP contribution is -2.50. The van der Waals surface area contributed by atoms with E-state index in [0.717, 1.165) is 19.2 Å². The number of hydrogen-bond acceptors (Lipinski definition) is 6. The summed E-state index contributed by atoms with van der Waals surface area (Å²) in [6, 6.07) is 2.26. The molecule has 0 saturated carbocycles. The molecule has 3 unspecified atom stereocenters. The fraction of sp³-hybridized carbons (Fsp3) is 0.474. The third-order valence-electron chi connectivity index (χ3n) is 4.67. The van der Waals surface area contributed by atoms with Gasteiger partial charge in [0.1, 0.15) is 11.6 Å². The number of nitrogens with one attached hydrogen (secondary N) is 3. The van der Waals surface area contributed by atoms with Crippen molar-refractivity contribution in [3.05, 3.63) is 36.3 Å². The van der Waals surface area contributed by atoms with Gasteiger partial charge in [-0.25, -0.2) is 9.37 Å². The minimum atomic E-state index is -0.457. The Morgan fingerprint density at radius 1 is 1.41 bits per heavy atom. The number of anilines is 1. The van der Waals surface area contributed by atoms with Crippen LogP contribution >= 0.6 is 0 Å². The summed E-state index contributed by atoms with van der Waals surface area (Å²) in [4.78, 5) is 18.4. The first-order valence-corrected chi connectivity index (χ1v) is 8.85. The molecule has 8 heteroatoms. The number of piperidine rings is 1. The standard InChI is InChI=1S/C19H26FN5O2/c1-12-8-14(16(21)5-6-17(22)27-3)11-25(10-12)13(2)19(26)24-18-7-4-15(20)9-23-18/h4-7,9,12-14,21-22H,8,10-11H2,1-3H3,(H,23,24,26)/b6-5-,21-16?,22-17?. The summed E-state index contributed by atoms with van der Waals surface area (Å²) in [6.45, 7) is 5.25. The average Bonchev–Trinajstić information content (AvgIpc) is 2.66. The molecule has 2 heterocycles. The molecular formula is C19H26FN5O2. The zero-order valence-corrected chi connectivity index (χ0v) is 15.8. The second-order valence-corrected chi connectivity index (χ2v) is 6.88. The van der Waals surface area contributed by atoms with Gasteiger partial charge in [-0.15, -0.1) is 0 Å². The summed E-state index contributed by atoms with van der Waals surface area (Å²) < 4.78 is 17.7. The van der Waals surface area contributed by atoms with E-state index >= 15 is 0 Å². The van der Waals surface area contributed by atoms with Crippen LogP contribution in [0.15, 0.2) is 30.5 Å². The lowest BCUT2D eigenvalue weighted by Gasteiger charge is -2.39. The molecule has 1 aliphatic rings. The molecular weight excluding hydrogens is 349 g/mol. The first-order valence-electron chi connectivity index (χ1n) is 8.85. The molecule has 2 rings (SSSR count). The summed E-state index contributed by atoms with van der Waals surface area (Å²) in [6.07, 6.45) is 4.96. The van der Waals surface area contributed by atoms with Crippen LogP contribution in [0.4, 0.5) is 10.2 Å². The number of hydrogen-bond donors (Lipinski definition) is 3. The van der Waals surface area contributed by atoms with Crippen molar-refractivity contribution in [3.8, 4) is 0 Å². The van der Waals surface area contributed by atoms with Crippen LogP contribution in [0, 0.1) is 28.5 Å². The van der Waals surface area contributed by atoms with Crippen LogP contribution in [-0.2, 0) is 9.53 Å². The van der Waals surface area contributed by atoms with Crippen molar-refractivity contribution in [3.63, 3.8) is 0 Å². The molecule has 0 radical (unpaired) electrons. The molecule has 3 N–H and O–H groups in total. The fourth-order valence-corrected chi connectivity index (χ4v) is 3.15. The highest BCUT2D eigenvalue weighted by atomic mass is 19.1.